The topological polar surface area (TPSA) is 31.2 Å². The van der Waals surface area contributed by atoms with Crippen LogP contribution in [-0.4, -0.2) is 16.5 Å². The number of aryl methyl sites for hydroxylation is 1. The Kier molecular flexibility index (Phi) is 11.0. The number of ether oxygens (including phenoxy) is 1. The monoisotopic (exact) mass is 565 g/mol. The molecule has 3 nitrogen and oxygen atoms in total. The van der Waals surface area contributed by atoms with E-state index in [-0.39, 0.29) is 18.3 Å². The van der Waals surface area contributed by atoms with Crippen LogP contribution in [-0.2, 0) is 23.5 Å². The molecule has 5 rings (SSSR count). The molecule has 1 aromatic heterocycles. The average molecular weight is 566 g/mol. The van der Waals surface area contributed by atoms with Crippen molar-refractivity contribution in [2.75, 3.05) is 0 Å². The van der Waals surface area contributed by atoms with Crippen LogP contribution in [0.3, 0.4) is 0 Å². The van der Waals surface area contributed by atoms with Gasteiger partial charge >= 0.3 is 6.18 Å². The van der Waals surface area contributed by atoms with Crippen LogP contribution < -0.4 is 0 Å². The first-order valence-corrected chi connectivity index (χ1v) is 14.3. The number of alkyl halides is 3. The van der Waals surface area contributed by atoms with Gasteiger partial charge in [0.15, 0.2) is 5.78 Å². The van der Waals surface area contributed by atoms with Gasteiger partial charge < -0.3 is 9.30 Å². The fourth-order valence-electron chi connectivity index (χ4n) is 5.77. The molecule has 2 heterocycles. The number of aromatic nitrogens is 1. The number of ketones is 1. The fraction of sp³-hybridized carbons (Fsp3) is 0.400. The van der Waals surface area contributed by atoms with Crippen LogP contribution >= 0.6 is 0 Å². The van der Waals surface area contributed by atoms with Crippen molar-refractivity contribution in [2.45, 2.75) is 92.2 Å². The van der Waals surface area contributed by atoms with Crippen LogP contribution in [0.1, 0.15) is 91.7 Å². The van der Waals surface area contributed by atoms with Crippen LogP contribution in [0.4, 0.5) is 13.2 Å². The molecule has 0 aliphatic carbocycles. The molecule has 1 aliphatic heterocycles. The predicted octanol–water partition coefficient (Wildman–Crippen LogP) is 10.1. The summed E-state index contributed by atoms with van der Waals surface area (Å²) in [6.07, 6.45) is 0.679. The van der Waals surface area contributed by atoms with Gasteiger partial charge in [-0.05, 0) is 61.9 Å². The van der Waals surface area contributed by atoms with Crippen LogP contribution in [0, 0.1) is 13.8 Å². The largest absolute Gasteiger partial charge is 0.386 e. The number of benzene rings is 3. The van der Waals surface area contributed by atoms with Crippen LogP contribution in [0.5, 0.6) is 0 Å². The van der Waals surface area contributed by atoms with E-state index in [0.29, 0.717) is 0 Å². The summed E-state index contributed by atoms with van der Waals surface area (Å²) < 4.78 is 39.4. The molecule has 220 valence electrons. The summed E-state index contributed by atoms with van der Waals surface area (Å²) in [7, 11) is 0. The molecule has 0 radical (unpaired) electrons. The van der Waals surface area contributed by atoms with E-state index in [1.165, 1.54) is 35.1 Å². The zero-order chi connectivity index (χ0) is 30.2. The van der Waals surface area contributed by atoms with E-state index in [1.807, 2.05) is 25.1 Å². The maximum absolute atomic E-state index is 12.0. The summed E-state index contributed by atoms with van der Waals surface area (Å²) in [5, 5.41) is 1.05. The third-order valence-electron chi connectivity index (χ3n) is 7.49. The van der Waals surface area contributed by atoms with E-state index in [1.54, 1.807) is 6.92 Å². The van der Waals surface area contributed by atoms with E-state index in [4.69, 9.17) is 4.74 Å². The number of para-hydroxylation sites is 1. The molecular formula is C35H42F3NO2. The smallest absolute Gasteiger partial charge is 0.366 e. The van der Waals surface area contributed by atoms with Crippen molar-refractivity contribution < 1.29 is 22.7 Å². The number of nitrogens with zero attached hydrogens (tertiary/aromatic N) is 1. The van der Waals surface area contributed by atoms with Gasteiger partial charge in [0.1, 0.15) is 0 Å². The van der Waals surface area contributed by atoms with Gasteiger partial charge in [0.25, 0.3) is 0 Å². The highest BCUT2D eigenvalue weighted by atomic mass is 19.4. The molecule has 0 atom stereocenters. The summed E-state index contributed by atoms with van der Waals surface area (Å²) in [5.41, 5.74) is 8.44. The van der Waals surface area contributed by atoms with E-state index in [2.05, 4.69) is 79.9 Å². The number of hydrogen-bond acceptors (Lipinski definition) is 2. The van der Waals surface area contributed by atoms with Gasteiger partial charge in [-0.15, -0.1) is 0 Å². The lowest BCUT2D eigenvalue weighted by Gasteiger charge is -2.29. The number of rotatable bonds is 7. The Labute approximate surface area is 242 Å². The zero-order valence-corrected chi connectivity index (χ0v) is 25.1. The Morgan fingerprint density at radius 3 is 2.07 bits per heavy atom. The Hall–Kier alpha value is -3.38. The fourth-order valence-corrected chi connectivity index (χ4v) is 5.77. The molecule has 41 heavy (non-hydrogen) atoms. The molecule has 0 unspecified atom stereocenters. The molecule has 0 saturated heterocycles. The maximum Gasteiger partial charge on any atom is 0.386 e. The molecule has 1 aliphatic rings. The molecule has 0 N–H and O–H groups in total. The molecule has 0 spiro atoms. The van der Waals surface area contributed by atoms with Gasteiger partial charge in [-0.3, -0.25) is 4.79 Å². The molecular weight excluding hydrogens is 523 g/mol. The van der Waals surface area contributed by atoms with Gasteiger partial charge in [0.2, 0.25) is 0 Å². The second-order valence-corrected chi connectivity index (χ2v) is 10.8. The predicted molar refractivity (Wildman–Crippen MR) is 161 cm³/mol. The molecule has 3 aromatic carbocycles. The minimum atomic E-state index is -4.00. The lowest BCUT2D eigenvalue weighted by atomic mass is 9.85. The highest BCUT2D eigenvalue weighted by Gasteiger charge is 2.37. The molecule has 0 amide bonds. The lowest BCUT2D eigenvalue weighted by Crippen LogP contribution is -2.24. The minimum Gasteiger partial charge on any atom is -0.366 e. The van der Waals surface area contributed by atoms with E-state index >= 15 is 0 Å². The third kappa shape index (κ3) is 8.10. The Morgan fingerprint density at radius 2 is 1.46 bits per heavy atom. The van der Waals surface area contributed by atoms with Crippen molar-refractivity contribution >= 4 is 16.7 Å². The van der Waals surface area contributed by atoms with Crippen LogP contribution in [0.15, 0.2) is 72.8 Å². The number of hydrogen-bond donors (Lipinski definition) is 0. The van der Waals surface area contributed by atoms with Crippen molar-refractivity contribution in [3.63, 3.8) is 0 Å². The third-order valence-corrected chi connectivity index (χ3v) is 7.49. The standard InChI is InChI=1S/C19H19NO.C14H20O.C2H3F3/c1-13-8-4-5-9-16(13)12-20-14(2)19(15(3)21)17-10-6-7-11-18(17)20;1-3-9-14(10-4-2)13-8-6-5-7-12(13)11-15-14;1-2(3,4)5/h4-11H,12H2,1-3H3;5-8H,3-4,9-11H2,1-2H3;1H3. The van der Waals surface area contributed by atoms with E-state index < -0.39 is 6.18 Å². The van der Waals surface area contributed by atoms with Gasteiger partial charge in [-0.1, -0.05) is 93.4 Å². The summed E-state index contributed by atoms with van der Waals surface area (Å²) in [6.45, 7) is 12.1. The van der Waals surface area contributed by atoms with E-state index in [0.717, 1.165) is 48.2 Å². The summed E-state index contributed by atoms with van der Waals surface area (Å²) in [6, 6.07) is 25.2. The Morgan fingerprint density at radius 1 is 0.902 bits per heavy atom. The summed E-state index contributed by atoms with van der Waals surface area (Å²) in [5.74, 6) is 0.132. The molecule has 4 aromatic rings. The van der Waals surface area contributed by atoms with Crippen molar-refractivity contribution in [3.05, 3.63) is 106 Å². The minimum absolute atomic E-state index is 0.0279. The molecule has 6 heteroatoms. The average Bonchev–Trinajstić information content (AvgIpc) is 3.40. The number of carbonyl (C=O) groups is 1. The van der Waals surface area contributed by atoms with Gasteiger partial charge in [0, 0.05) is 35.6 Å². The second kappa shape index (κ2) is 14.0. The second-order valence-electron chi connectivity index (χ2n) is 10.8. The van der Waals surface area contributed by atoms with Crippen molar-refractivity contribution in [2.24, 2.45) is 0 Å². The van der Waals surface area contributed by atoms with Gasteiger partial charge in [0.05, 0.1) is 12.2 Å². The van der Waals surface area contributed by atoms with Crippen molar-refractivity contribution in [1.29, 1.82) is 0 Å². The van der Waals surface area contributed by atoms with Gasteiger partial charge in [-0.25, -0.2) is 0 Å². The number of halogens is 3. The quantitative estimate of drug-likeness (QED) is 0.209. The highest BCUT2D eigenvalue weighted by Crippen LogP contribution is 2.43. The first-order valence-electron chi connectivity index (χ1n) is 14.3. The number of Topliss-reactive ketones (excluding diaryl/α,β-unsaturated/α-hetero) is 1. The lowest BCUT2D eigenvalue weighted by molar-refractivity contribution is -0.110. The SMILES string of the molecule is CC(=O)c1c(C)n(Cc2ccccc2C)c2ccccc12.CC(F)(F)F.CCCC1(CCC)OCc2ccccc21. The number of fused-ring (bicyclic) bond motifs is 2. The first kappa shape index (κ1) is 32.1. The van der Waals surface area contributed by atoms with Crippen molar-refractivity contribution in [1.82, 2.24) is 4.57 Å². The molecule has 0 fully saturated rings. The van der Waals surface area contributed by atoms with Crippen LogP contribution in [0.2, 0.25) is 0 Å². The molecule has 0 bridgehead atoms. The number of carbonyl (C=O) groups excluding carboxylic acids is 1. The summed E-state index contributed by atoms with van der Waals surface area (Å²) >= 11 is 0. The Balaban J connectivity index is 0.000000202. The van der Waals surface area contributed by atoms with Crippen LogP contribution in [0.25, 0.3) is 10.9 Å². The first-order chi connectivity index (χ1) is 19.4. The zero-order valence-electron chi connectivity index (χ0n) is 25.1. The highest BCUT2D eigenvalue weighted by molar-refractivity contribution is 6.08. The summed E-state index contributed by atoms with van der Waals surface area (Å²) in [4.78, 5) is 12.0. The molecule has 0 saturated carbocycles. The van der Waals surface area contributed by atoms with E-state index in [9.17, 15) is 18.0 Å². The van der Waals surface area contributed by atoms with Crippen molar-refractivity contribution in [3.8, 4) is 0 Å². The maximum atomic E-state index is 12.0. The Bertz CT molecular complexity index is 1430. The van der Waals surface area contributed by atoms with Gasteiger partial charge in [-0.2, -0.15) is 13.2 Å². The normalized spacial score (nSPS) is 13.6.